The minimum absolute atomic E-state index is 0.00339. The standard InChI is InChI=1S/C15H17N3O3/c1-15(2)7-10-13(12(19)8-15)14(17-16-10)9-5-3-4-6-11(9)18(20)21/h3-6,10,13,16H,7-8H2,1-2H3/t10-,13-/m0/s1. The maximum Gasteiger partial charge on any atom is 0.278 e. The molecule has 1 aromatic carbocycles. The quantitative estimate of drug-likeness (QED) is 0.668. The third-order valence-corrected chi connectivity index (χ3v) is 4.20. The van der Waals surface area contributed by atoms with Gasteiger partial charge in [0.05, 0.1) is 28.2 Å². The number of nitro benzene ring substituents is 1. The topological polar surface area (TPSA) is 84.6 Å². The lowest BCUT2D eigenvalue weighted by atomic mass is 9.68. The van der Waals surface area contributed by atoms with Crippen LogP contribution in [0.1, 0.15) is 32.3 Å². The molecule has 6 nitrogen and oxygen atoms in total. The Kier molecular flexibility index (Phi) is 3.04. The van der Waals surface area contributed by atoms with E-state index >= 15 is 0 Å². The zero-order chi connectivity index (χ0) is 15.2. The summed E-state index contributed by atoms with van der Waals surface area (Å²) >= 11 is 0. The number of para-hydroxylation sites is 1. The first-order chi connectivity index (χ1) is 9.89. The second kappa shape index (κ2) is 4.65. The van der Waals surface area contributed by atoms with Gasteiger partial charge in [0.2, 0.25) is 0 Å². The molecule has 3 rings (SSSR count). The first-order valence-corrected chi connectivity index (χ1v) is 6.99. The Morgan fingerprint density at radius 2 is 2.10 bits per heavy atom. The van der Waals surface area contributed by atoms with Crippen molar-refractivity contribution < 1.29 is 9.72 Å². The third kappa shape index (κ3) is 2.30. The van der Waals surface area contributed by atoms with Crippen LogP contribution in [0.4, 0.5) is 5.69 Å². The summed E-state index contributed by atoms with van der Waals surface area (Å²) in [6.07, 6.45) is 1.31. The van der Waals surface area contributed by atoms with Crippen molar-refractivity contribution in [2.24, 2.45) is 16.4 Å². The number of carbonyl (C=O) groups excluding carboxylic acids is 1. The lowest BCUT2D eigenvalue weighted by Gasteiger charge is -2.36. The van der Waals surface area contributed by atoms with Crippen LogP contribution < -0.4 is 5.43 Å². The molecule has 0 bridgehead atoms. The third-order valence-electron chi connectivity index (χ3n) is 4.20. The van der Waals surface area contributed by atoms with Gasteiger partial charge in [0.25, 0.3) is 5.69 Å². The molecule has 1 saturated carbocycles. The van der Waals surface area contributed by atoms with Gasteiger partial charge in [0, 0.05) is 12.5 Å². The molecule has 2 atom stereocenters. The van der Waals surface area contributed by atoms with E-state index in [4.69, 9.17) is 0 Å². The minimum atomic E-state index is -0.428. The fourth-order valence-electron chi connectivity index (χ4n) is 3.35. The van der Waals surface area contributed by atoms with Crippen LogP contribution in [0.5, 0.6) is 0 Å². The van der Waals surface area contributed by atoms with E-state index in [2.05, 4.69) is 24.4 Å². The smallest absolute Gasteiger partial charge is 0.278 e. The fourth-order valence-corrected chi connectivity index (χ4v) is 3.35. The molecule has 0 aromatic heterocycles. The zero-order valence-electron chi connectivity index (χ0n) is 12.0. The van der Waals surface area contributed by atoms with E-state index in [1.165, 1.54) is 6.07 Å². The average Bonchev–Trinajstić information content (AvgIpc) is 2.80. The number of hydrogen-bond acceptors (Lipinski definition) is 5. The van der Waals surface area contributed by atoms with Gasteiger partial charge < -0.3 is 5.43 Å². The zero-order valence-corrected chi connectivity index (χ0v) is 12.0. The highest BCUT2D eigenvalue weighted by molar-refractivity contribution is 6.17. The molecule has 1 aliphatic heterocycles. The maximum absolute atomic E-state index is 12.5. The van der Waals surface area contributed by atoms with Crippen molar-refractivity contribution >= 4 is 17.2 Å². The van der Waals surface area contributed by atoms with Crippen molar-refractivity contribution in [2.75, 3.05) is 0 Å². The predicted molar refractivity (Wildman–Crippen MR) is 78.1 cm³/mol. The highest BCUT2D eigenvalue weighted by atomic mass is 16.6. The van der Waals surface area contributed by atoms with Crippen LogP contribution in [-0.2, 0) is 4.79 Å². The van der Waals surface area contributed by atoms with Crippen molar-refractivity contribution in [3.63, 3.8) is 0 Å². The Labute approximate surface area is 122 Å². The number of nitrogens with one attached hydrogen (secondary N) is 1. The minimum Gasteiger partial charge on any atom is -0.306 e. The molecule has 0 spiro atoms. The summed E-state index contributed by atoms with van der Waals surface area (Å²) in [6.45, 7) is 4.12. The van der Waals surface area contributed by atoms with Crippen molar-refractivity contribution in [3.8, 4) is 0 Å². The molecule has 0 unspecified atom stereocenters. The second-order valence-corrected chi connectivity index (χ2v) is 6.50. The summed E-state index contributed by atoms with van der Waals surface area (Å²) in [7, 11) is 0. The highest BCUT2D eigenvalue weighted by Gasteiger charge is 2.47. The SMILES string of the molecule is CC1(C)CC(=O)[C@H]2C(c3ccccc3[N+](=O)[O-])=NN[C@H]2C1. The summed E-state index contributed by atoms with van der Waals surface area (Å²) in [5.41, 5.74) is 3.89. The van der Waals surface area contributed by atoms with E-state index in [-0.39, 0.29) is 28.8 Å². The molecule has 1 N–H and O–H groups in total. The average molecular weight is 287 g/mol. The predicted octanol–water partition coefficient (Wildman–Crippen LogP) is 2.28. The molecule has 21 heavy (non-hydrogen) atoms. The van der Waals surface area contributed by atoms with Gasteiger partial charge in [-0.1, -0.05) is 26.0 Å². The molecule has 110 valence electrons. The van der Waals surface area contributed by atoms with Crippen LogP contribution in [0.15, 0.2) is 29.4 Å². The van der Waals surface area contributed by atoms with Gasteiger partial charge in [-0.05, 0) is 17.9 Å². The number of benzene rings is 1. The van der Waals surface area contributed by atoms with Crippen molar-refractivity contribution in [2.45, 2.75) is 32.7 Å². The Bertz CT molecular complexity index is 651. The molecule has 1 fully saturated rings. The number of rotatable bonds is 2. The normalized spacial score (nSPS) is 26.8. The lowest BCUT2D eigenvalue weighted by molar-refractivity contribution is -0.385. The van der Waals surface area contributed by atoms with Gasteiger partial charge in [0.15, 0.2) is 0 Å². The summed E-state index contributed by atoms with van der Waals surface area (Å²) in [5, 5.41) is 15.4. The van der Waals surface area contributed by atoms with Gasteiger partial charge in [-0.15, -0.1) is 0 Å². The Hall–Kier alpha value is -2.24. The van der Waals surface area contributed by atoms with Gasteiger partial charge in [-0.3, -0.25) is 14.9 Å². The molecule has 0 amide bonds. The van der Waals surface area contributed by atoms with Crippen LogP contribution in [-0.4, -0.2) is 22.5 Å². The molecular formula is C15H17N3O3. The lowest BCUT2D eigenvalue weighted by Crippen LogP contribution is -2.45. The molecule has 1 aliphatic carbocycles. The Morgan fingerprint density at radius 3 is 2.81 bits per heavy atom. The number of nitrogens with zero attached hydrogens (tertiary/aromatic N) is 2. The molecular weight excluding hydrogens is 270 g/mol. The van der Waals surface area contributed by atoms with Crippen LogP contribution in [0.25, 0.3) is 0 Å². The molecule has 2 aliphatic rings. The van der Waals surface area contributed by atoms with Crippen molar-refractivity contribution in [1.82, 2.24) is 5.43 Å². The van der Waals surface area contributed by atoms with Gasteiger partial charge in [-0.2, -0.15) is 5.10 Å². The Morgan fingerprint density at radius 1 is 1.38 bits per heavy atom. The molecule has 1 aromatic rings. The van der Waals surface area contributed by atoms with Crippen LogP contribution in [0.2, 0.25) is 0 Å². The number of hydrogen-bond donors (Lipinski definition) is 1. The molecule has 1 heterocycles. The number of ketones is 1. The van der Waals surface area contributed by atoms with E-state index in [0.29, 0.717) is 17.7 Å². The van der Waals surface area contributed by atoms with E-state index in [1.807, 2.05) is 0 Å². The first-order valence-electron chi connectivity index (χ1n) is 6.99. The Balaban J connectivity index is 1.99. The largest absolute Gasteiger partial charge is 0.306 e. The number of Topliss-reactive ketones (excluding diaryl/α,β-unsaturated/α-hetero) is 1. The van der Waals surface area contributed by atoms with Crippen molar-refractivity contribution in [3.05, 3.63) is 39.9 Å². The first kappa shape index (κ1) is 13.7. The second-order valence-electron chi connectivity index (χ2n) is 6.50. The number of fused-ring (bicyclic) bond motifs is 1. The van der Waals surface area contributed by atoms with E-state index < -0.39 is 4.92 Å². The number of carbonyl (C=O) groups is 1. The summed E-state index contributed by atoms with van der Waals surface area (Å²) in [6, 6.07) is 6.40. The number of nitro groups is 1. The van der Waals surface area contributed by atoms with Crippen LogP contribution in [0, 0.1) is 21.4 Å². The molecule has 0 saturated heterocycles. The van der Waals surface area contributed by atoms with Crippen LogP contribution >= 0.6 is 0 Å². The summed E-state index contributed by atoms with van der Waals surface area (Å²) in [4.78, 5) is 23.2. The van der Waals surface area contributed by atoms with Gasteiger partial charge >= 0.3 is 0 Å². The van der Waals surface area contributed by atoms with Gasteiger partial charge in [0.1, 0.15) is 5.78 Å². The highest BCUT2D eigenvalue weighted by Crippen LogP contribution is 2.40. The van der Waals surface area contributed by atoms with Gasteiger partial charge in [-0.25, -0.2) is 0 Å². The van der Waals surface area contributed by atoms with E-state index in [9.17, 15) is 14.9 Å². The molecule has 0 radical (unpaired) electrons. The monoisotopic (exact) mass is 287 g/mol. The molecule has 6 heteroatoms. The van der Waals surface area contributed by atoms with E-state index in [0.717, 1.165) is 6.42 Å². The number of hydrazone groups is 1. The summed E-state index contributed by atoms with van der Waals surface area (Å²) < 4.78 is 0. The van der Waals surface area contributed by atoms with Crippen LogP contribution in [0.3, 0.4) is 0 Å². The summed E-state index contributed by atoms with van der Waals surface area (Å²) in [5.74, 6) is -0.266. The van der Waals surface area contributed by atoms with Crippen molar-refractivity contribution in [1.29, 1.82) is 0 Å². The fraction of sp³-hybridized carbons (Fsp3) is 0.467. The van der Waals surface area contributed by atoms with E-state index in [1.54, 1.807) is 18.2 Å². The maximum atomic E-state index is 12.5.